The van der Waals surface area contributed by atoms with Crippen molar-refractivity contribution in [2.45, 2.75) is 38.7 Å². The Kier molecular flexibility index (Phi) is 5.19. The maximum atomic E-state index is 13.0. The van der Waals surface area contributed by atoms with Gasteiger partial charge in [-0.25, -0.2) is 0 Å². The van der Waals surface area contributed by atoms with E-state index in [1.54, 1.807) is 4.90 Å². The monoisotopic (exact) mass is 477 g/mol. The number of carbonyl (C=O) groups is 4. The van der Waals surface area contributed by atoms with Crippen LogP contribution in [0.1, 0.15) is 61.5 Å². The third kappa shape index (κ3) is 3.74. The lowest BCUT2D eigenvalue weighted by Gasteiger charge is -2.44. The van der Waals surface area contributed by atoms with Crippen LogP contribution in [-0.4, -0.2) is 63.5 Å². The average molecular weight is 477 g/mol. The van der Waals surface area contributed by atoms with Gasteiger partial charge in [-0.15, -0.1) is 0 Å². The number of fused-ring (bicyclic) bond motifs is 2. The van der Waals surface area contributed by atoms with Gasteiger partial charge in [-0.3, -0.25) is 34.2 Å². The maximum absolute atomic E-state index is 13.0. The summed E-state index contributed by atoms with van der Waals surface area (Å²) in [5.74, 6) is -1.15. The first-order chi connectivity index (χ1) is 16.6. The number of carbonyl (C=O) groups excluding carboxylic acids is 4. The van der Waals surface area contributed by atoms with Crippen LogP contribution in [0.4, 0.5) is 5.69 Å². The van der Waals surface area contributed by atoms with Crippen LogP contribution in [-0.2, 0) is 4.79 Å². The van der Waals surface area contributed by atoms with Crippen molar-refractivity contribution in [2.24, 2.45) is 0 Å². The number of benzene rings is 2. The van der Waals surface area contributed by atoms with Crippen molar-refractivity contribution in [3.8, 4) is 5.75 Å². The van der Waals surface area contributed by atoms with Crippen LogP contribution in [0.25, 0.3) is 0 Å². The van der Waals surface area contributed by atoms with Crippen LogP contribution in [0.5, 0.6) is 5.75 Å². The fourth-order valence-corrected chi connectivity index (χ4v) is 5.15. The van der Waals surface area contributed by atoms with Crippen molar-refractivity contribution < 1.29 is 28.8 Å². The quantitative estimate of drug-likeness (QED) is 0.378. The molecule has 3 amide bonds. The first kappa shape index (κ1) is 22.7. The number of ketones is 1. The molecule has 3 aliphatic heterocycles. The van der Waals surface area contributed by atoms with Crippen molar-refractivity contribution in [3.63, 3.8) is 0 Å². The minimum atomic E-state index is -0.723. The Labute approximate surface area is 200 Å². The SMILES string of the molecule is Cc1cc(C)c2c(c1)C(=O)CC1(CCN(C(=O)CN3C(=O)c4ccc([N+](=O)[O-])cc4C3=O)CC1)O2. The topological polar surface area (TPSA) is 127 Å². The second kappa shape index (κ2) is 8.00. The second-order valence-corrected chi connectivity index (χ2v) is 9.41. The fourth-order valence-electron chi connectivity index (χ4n) is 5.15. The molecule has 0 aliphatic carbocycles. The van der Waals surface area contributed by atoms with Crippen LogP contribution in [0.3, 0.4) is 0 Å². The molecule has 1 spiro atoms. The Hall–Kier alpha value is -4.08. The predicted molar refractivity (Wildman–Crippen MR) is 122 cm³/mol. The molecule has 3 aliphatic rings. The zero-order valence-corrected chi connectivity index (χ0v) is 19.3. The molecule has 0 N–H and O–H groups in total. The van der Waals surface area contributed by atoms with Crippen molar-refractivity contribution in [3.05, 3.63) is 68.3 Å². The second-order valence-electron chi connectivity index (χ2n) is 9.41. The number of imide groups is 1. The van der Waals surface area contributed by atoms with Crippen molar-refractivity contribution in [1.29, 1.82) is 0 Å². The lowest BCUT2D eigenvalue weighted by Crippen LogP contribution is -2.54. The number of Topliss-reactive ketones (excluding diaryl/α,β-unsaturated/α-hetero) is 1. The molecular weight excluding hydrogens is 454 g/mol. The minimum absolute atomic E-state index is 0.0259. The van der Waals surface area contributed by atoms with Crippen molar-refractivity contribution >= 4 is 29.2 Å². The number of rotatable bonds is 3. The molecular formula is C25H23N3O7. The molecule has 10 nitrogen and oxygen atoms in total. The largest absolute Gasteiger partial charge is 0.486 e. The van der Waals surface area contributed by atoms with Crippen LogP contribution in [0, 0.1) is 24.0 Å². The van der Waals surface area contributed by atoms with E-state index in [4.69, 9.17) is 4.74 Å². The van der Waals surface area contributed by atoms with E-state index in [9.17, 15) is 29.3 Å². The van der Waals surface area contributed by atoms with Gasteiger partial charge in [-0.1, -0.05) is 6.07 Å². The number of ether oxygens (including phenoxy) is 1. The van der Waals surface area contributed by atoms with Crippen LogP contribution < -0.4 is 4.74 Å². The number of aryl methyl sites for hydroxylation is 2. The molecule has 180 valence electrons. The lowest BCUT2D eigenvalue weighted by molar-refractivity contribution is -0.384. The molecule has 0 bridgehead atoms. The van der Waals surface area contributed by atoms with E-state index in [0.717, 1.165) is 28.2 Å². The third-order valence-corrected chi connectivity index (χ3v) is 7.01. The number of likely N-dealkylation sites (tertiary alicyclic amines) is 1. The Morgan fingerprint density at radius 1 is 1.03 bits per heavy atom. The number of nitro benzene ring substituents is 1. The summed E-state index contributed by atoms with van der Waals surface area (Å²) in [5, 5.41) is 11.0. The van der Waals surface area contributed by atoms with Gasteiger partial charge in [0.1, 0.15) is 17.9 Å². The van der Waals surface area contributed by atoms with Crippen molar-refractivity contribution in [2.75, 3.05) is 19.6 Å². The van der Waals surface area contributed by atoms with Gasteiger partial charge in [-0.2, -0.15) is 0 Å². The van der Waals surface area contributed by atoms with E-state index in [2.05, 4.69) is 0 Å². The van der Waals surface area contributed by atoms with E-state index in [0.29, 0.717) is 37.2 Å². The maximum Gasteiger partial charge on any atom is 0.270 e. The standard InChI is InChI=1S/C25H23N3O7/c1-14-9-15(2)22-19(10-14)20(29)12-25(35-22)5-7-26(8-6-25)21(30)13-27-23(31)17-4-3-16(28(33)34)11-18(17)24(27)32/h3-4,9-11H,5-8,12-13H2,1-2H3. The summed E-state index contributed by atoms with van der Waals surface area (Å²) in [6, 6.07) is 7.27. The van der Waals surface area contributed by atoms with Gasteiger partial charge in [0.05, 0.1) is 28.0 Å². The molecule has 5 rings (SSSR count). The molecule has 1 saturated heterocycles. The Morgan fingerprint density at radius 2 is 1.71 bits per heavy atom. The number of amides is 3. The highest BCUT2D eigenvalue weighted by Gasteiger charge is 2.45. The van der Waals surface area contributed by atoms with E-state index in [1.807, 2.05) is 26.0 Å². The number of hydrogen-bond acceptors (Lipinski definition) is 7. The number of hydrogen-bond donors (Lipinski definition) is 0. The highest BCUT2D eigenvalue weighted by Crippen LogP contribution is 2.41. The Balaban J connectivity index is 1.26. The molecule has 0 atom stereocenters. The van der Waals surface area contributed by atoms with Gasteiger partial charge in [0, 0.05) is 38.1 Å². The van der Waals surface area contributed by atoms with Crippen LogP contribution in [0.2, 0.25) is 0 Å². The molecule has 0 unspecified atom stereocenters. The van der Waals surface area contributed by atoms with Crippen molar-refractivity contribution in [1.82, 2.24) is 9.80 Å². The fraction of sp³-hybridized carbons (Fsp3) is 0.360. The first-order valence-electron chi connectivity index (χ1n) is 11.3. The van der Waals surface area contributed by atoms with Gasteiger partial charge >= 0.3 is 0 Å². The van der Waals surface area contributed by atoms with Gasteiger partial charge in [0.15, 0.2) is 5.78 Å². The van der Waals surface area contributed by atoms with Gasteiger partial charge in [0.2, 0.25) is 5.91 Å². The summed E-state index contributed by atoms with van der Waals surface area (Å²) < 4.78 is 6.35. The number of non-ortho nitro benzene ring substituents is 1. The zero-order chi connectivity index (χ0) is 25.1. The highest BCUT2D eigenvalue weighted by atomic mass is 16.6. The van der Waals surface area contributed by atoms with E-state index in [-0.39, 0.29) is 29.0 Å². The van der Waals surface area contributed by atoms with E-state index >= 15 is 0 Å². The van der Waals surface area contributed by atoms with Gasteiger partial charge in [0.25, 0.3) is 17.5 Å². The zero-order valence-electron chi connectivity index (χ0n) is 19.3. The van der Waals surface area contributed by atoms with E-state index < -0.39 is 34.8 Å². The van der Waals surface area contributed by atoms with Gasteiger partial charge in [-0.05, 0) is 37.1 Å². The summed E-state index contributed by atoms with van der Waals surface area (Å²) in [6.07, 6.45) is 1.14. The molecule has 0 saturated carbocycles. The number of piperidine rings is 1. The molecule has 2 aromatic carbocycles. The average Bonchev–Trinajstić information content (AvgIpc) is 3.05. The highest BCUT2D eigenvalue weighted by molar-refractivity contribution is 6.22. The molecule has 2 aromatic rings. The minimum Gasteiger partial charge on any atom is -0.486 e. The molecule has 10 heteroatoms. The third-order valence-electron chi connectivity index (χ3n) is 7.01. The normalized spacial score (nSPS) is 18.4. The summed E-state index contributed by atoms with van der Waals surface area (Å²) >= 11 is 0. The molecule has 0 radical (unpaired) electrons. The smallest absolute Gasteiger partial charge is 0.270 e. The number of nitrogens with zero attached hydrogens (tertiary/aromatic N) is 3. The Morgan fingerprint density at radius 3 is 2.40 bits per heavy atom. The molecule has 1 fully saturated rings. The summed E-state index contributed by atoms with van der Waals surface area (Å²) in [4.78, 5) is 63.9. The predicted octanol–water partition coefficient (Wildman–Crippen LogP) is 2.83. The lowest BCUT2D eigenvalue weighted by atomic mass is 9.81. The first-order valence-corrected chi connectivity index (χ1v) is 11.3. The summed E-state index contributed by atoms with van der Waals surface area (Å²) in [7, 11) is 0. The Bertz CT molecular complexity index is 1320. The summed E-state index contributed by atoms with van der Waals surface area (Å²) in [6.45, 7) is 4.04. The van der Waals surface area contributed by atoms with E-state index in [1.165, 1.54) is 6.07 Å². The molecule has 0 aromatic heterocycles. The summed E-state index contributed by atoms with van der Waals surface area (Å²) in [5.41, 5.74) is 1.48. The number of nitro groups is 1. The van der Waals surface area contributed by atoms with Gasteiger partial charge < -0.3 is 9.64 Å². The van der Waals surface area contributed by atoms with Crippen LogP contribution in [0.15, 0.2) is 30.3 Å². The van der Waals surface area contributed by atoms with Crippen LogP contribution >= 0.6 is 0 Å². The molecule has 3 heterocycles. The molecule has 35 heavy (non-hydrogen) atoms.